The SMILES string of the molecule is CNCc1c(C)ccc(OC)c1C. The van der Waals surface area contributed by atoms with E-state index in [0.29, 0.717) is 0 Å². The van der Waals surface area contributed by atoms with Gasteiger partial charge in [-0.15, -0.1) is 0 Å². The van der Waals surface area contributed by atoms with Gasteiger partial charge in [0.1, 0.15) is 5.75 Å². The maximum atomic E-state index is 5.26. The number of benzene rings is 1. The molecular weight excluding hydrogens is 162 g/mol. The Morgan fingerprint density at radius 2 is 2.00 bits per heavy atom. The molecule has 0 aliphatic carbocycles. The van der Waals surface area contributed by atoms with Gasteiger partial charge in [0, 0.05) is 6.54 Å². The van der Waals surface area contributed by atoms with Gasteiger partial charge in [-0.05, 0) is 43.7 Å². The number of hydrogen-bond acceptors (Lipinski definition) is 2. The largest absolute Gasteiger partial charge is 0.496 e. The molecule has 0 saturated carbocycles. The van der Waals surface area contributed by atoms with Crippen molar-refractivity contribution in [1.29, 1.82) is 0 Å². The van der Waals surface area contributed by atoms with E-state index < -0.39 is 0 Å². The zero-order valence-electron chi connectivity index (χ0n) is 8.77. The summed E-state index contributed by atoms with van der Waals surface area (Å²) in [6, 6.07) is 4.11. The van der Waals surface area contributed by atoms with Crippen LogP contribution in [0.4, 0.5) is 0 Å². The predicted octanol–water partition coefficient (Wildman–Crippen LogP) is 2.03. The second kappa shape index (κ2) is 4.28. The molecule has 0 aliphatic rings. The Balaban J connectivity index is 3.13. The van der Waals surface area contributed by atoms with E-state index >= 15 is 0 Å². The third-order valence-corrected chi connectivity index (χ3v) is 2.36. The van der Waals surface area contributed by atoms with Crippen molar-refractivity contribution in [2.75, 3.05) is 14.2 Å². The van der Waals surface area contributed by atoms with Crippen molar-refractivity contribution in [1.82, 2.24) is 5.32 Å². The summed E-state index contributed by atoms with van der Waals surface area (Å²) >= 11 is 0. The van der Waals surface area contributed by atoms with Crippen molar-refractivity contribution >= 4 is 0 Å². The van der Waals surface area contributed by atoms with Gasteiger partial charge < -0.3 is 10.1 Å². The minimum atomic E-state index is 0.898. The summed E-state index contributed by atoms with van der Waals surface area (Å²) in [5, 5.41) is 3.16. The molecule has 0 atom stereocenters. The van der Waals surface area contributed by atoms with E-state index in [1.807, 2.05) is 13.1 Å². The van der Waals surface area contributed by atoms with Gasteiger partial charge in [-0.1, -0.05) is 6.07 Å². The number of methoxy groups -OCH3 is 1. The molecule has 1 rings (SSSR count). The van der Waals surface area contributed by atoms with Gasteiger partial charge in [-0.25, -0.2) is 0 Å². The van der Waals surface area contributed by atoms with Crippen molar-refractivity contribution in [2.24, 2.45) is 0 Å². The fourth-order valence-electron chi connectivity index (χ4n) is 1.54. The Labute approximate surface area is 79.9 Å². The third-order valence-electron chi connectivity index (χ3n) is 2.36. The fourth-order valence-corrected chi connectivity index (χ4v) is 1.54. The summed E-state index contributed by atoms with van der Waals surface area (Å²) in [7, 11) is 3.67. The van der Waals surface area contributed by atoms with Crippen LogP contribution in [-0.2, 0) is 6.54 Å². The second-order valence-electron chi connectivity index (χ2n) is 3.22. The molecule has 72 valence electrons. The van der Waals surface area contributed by atoms with E-state index in [-0.39, 0.29) is 0 Å². The zero-order valence-corrected chi connectivity index (χ0v) is 8.77. The van der Waals surface area contributed by atoms with Gasteiger partial charge in [0.15, 0.2) is 0 Å². The highest BCUT2D eigenvalue weighted by atomic mass is 16.5. The van der Waals surface area contributed by atoms with Crippen LogP contribution in [0.5, 0.6) is 5.75 Å². The molecule has 0 aromatic heterocycles. The molecule has 1 N–H and O–H groups in total. The first kappa shape index (κ1) is 10.1. The summed E-state index contributed by atoms with van der Waals surface area (Å²) in [5.41, 5.74) is 3.88. The predicted molar refractivity (Wildman–Crippen MR) is 55.2 cm³/mol. The first-order valence-corrected chi connectivity index (χ1v) is 4.48. The first-order chi connectivity index (χ1) is 6.20. The molecule has 0 radical (unpaired) electrons. The molecule has 0 spiro atoms. The van der Waals surface area contributed by atoms with E-state index in [1.165, 1.54) is 16.7 Å². The number of ether oxygens (including phenoxy) is 1. The van der Waals surface area contributed by atoms with Crippen LogP contribution in [0.25, 0.3) is 0 Å². The van der Waals surface area contributed by atoms with E-state index in [0.717, 1.165) is 12.3 Å². The average molecular weight is 179 g/mol. The number of nitrogens with one attached hydrogen (secondary N) is 1. The van der Waals surface area contributed by atoms with E-state index in [2.05, 4.69) is 25.2 Å². The van der Waals surface area contributed by atoms with Crippen molar-refractivity contribution in [3.63, 3.8) is 0 Å². The minimum Gasteiger partial charge on any atom is -0.496 e. The molecule has 2 heteroatoms. The molecule has 0 saturated heterocycles. The van der Waals surface area contributed by atoms with Gasteiger partial charge in [-0.2, -0.15) is 0 Å². The normalized spacial score (nSPS) is 10.2. The Morgan fingerprint density at radius 3 is 2.54 bits per heavy atom. The maximum absolute atomic E-state index is 5.26. The lowest BCUT2D eigenvalue weighted by Crippen LogP contribution is -2.09. The average Bonchev–Trinajstić information content (AvgIpc) is 2.12. The van der Waals surface area contributed by atoms with Crippen LogP contribution in [0.1, 0.15) is 16.7 Å². The maximum Gasteiger partial charge on any atom is 0.122 e. The van der Waals surface area contributed by atoms with Crippen LogP contribution >= 0.6 is 0 Å². The van der Waals surface area contributed by atoms with Gasteiger partial charge in [0.2, 0.25) is 0 Å². The van der Waals surface area contributed by atoms with Gasteiger partial charge in [0.05, 0.1) is 7.11 Å². The minimum absolute atomic E-state index is 0.898. The summed E-state index contributed by atoms with van der Waals surface area (Å²) in [4.78, 5) is 0. The Morgan fingerprint density at radius 1 is 1.31 bits per heavy atom. The van der Waals surface area contributed by atoms with Crippen LogP contribution in [0, 0.1) is 13.8 Å². The lowest BCUT2D eigenvalue weighted by Gasteiger charge is -2.12. The molecule has 0 heterocycles. The van der Waals surface area contributed by atoms with Crippen molar-refractivity contribution < 1.29 is 4.74 Å². The second-order valence-corrected chi connectivity index (χ2v) is 3.22. The van der Waals surface area contributed by atoms with Crippen molar-refractivity contribution in [2.45, 2.75) is 20.4 Å². The third kappa shape index (κ3) is 2.01. The molecule has 0 unspecified atom stereocenters. The van der Waals surface area contributed by atoms with Crippen LogP contribution in [0.15, 0.2) is 12.1 Å². The summed E-state index contributed by atoms with van der Waals surface area (Å²) in [6.45, 7) is 5.12. The summed E-state index contributed by atoms with van der Waals surface area (Å²) in [6.07, 6.45) is 0. The Hall–Kier alpha value is -1.02. The monoisotopic (exact) mass is 179 g/mol. The quantitative estimate of drug-likeness (QED) is 0.766. The van der Waals surface area contributed by atoms with Crippen LogP contribution < -0.4 is 10.1 Å². The highest BCUT2D eigenvalue weighted by molar-refractivity contribution is 5.43. The molecule has 0 bridgehead atoms. The lowest BCUT2D eigenvalue weighted by atomic mass is 10.0. The van der Waals surface area contributed by atoms with Crippen molar-refractivity contribution in [3.05, 3.63) is 28.8 Å². The zero-order chi connectivity index (χ0) is 9.84. The number of rotatable bonds is 3. The molecule has 0 aliphatic heterocycles. The smallest absolute Gasteiger partial charge is 0.122 e. The lowest BCUT2D eigenvalue weighted by molar-refractivity contribution is 0.410. The molecule has 1 aromatic carbocycles. The topological polar surface area (TPSA) is 21.3 Å². The van der Waals surface area contributed by atoms with E-state index in [9.17, 15) is 0 Å². The number of hydrogen-bond donors (Lipinski definition) is 1. The Bertz CT molecular complexity index is 294. The highest BCUT2D eigenvalue weighted by Crippen LogP contribution is 2.23. The summed E-state index contributed by atoms with van der Waals surface area (Å²) in [5.74, 6) is 0.968. The fraction of sp³-hybridized carbons (Fsp3) is 0.455. The van der Waals surface area contributed by atoms with Gasteiger partial charge >= 0.3 is 0 Å². The Kier molecular flexibility index (Phi) is 3.32. The number of aryl methyl sites for hydroxylation is 1. The molecular formula is C11H17NO. The van der Waals surface area contributed by atoms with E-state index in [4.69, 9.17) is 4.74 Å². The molecule has 0 amide bonds. The highest BCUT2D eigenvalue weighted by Gasteiger charge is 2.06. The van der Waals surface area contributed by atoms with Crippen molar-refractivity contribution in [3.8, 4) is 5.75 Å². The van der Waals surface area contributed by atoms with Crippen LogP contribution in [-0.4, -0.2) is 14.2 Å². The first-order valence-electron chi connectivity index (χ1n) is 4.48. The van der Waals surface area contributed by atoms with Gasteiger partial charge in [-0.3, -0.25) is 0 Å². The molecule has 2 nitrogen and oxygen atoms in total. The molecule has 1 aromatic rings. The van der Waals surface area contributed by atoms with Crippen LogP contribution in [0.2, 0.25) is 0 Å². The summed E-state index contributed by atoms with van der Waals surface area (Å²) < 4.78 is 5.26. The molecule has 0 fully saturated rings. The van der Waals surface area contributed by atoms with E-state index in [1.54, 1.807) is 7.11 Å². The van der Waals surface area contributed by atoms with Gasteiger partial charge in [0.25, 0.3) is 0 Å². The molecule has 13 heavy (non-hydrogen) atoms. The van der Waals surface area contributed by atoms with Crippen LogP contribution in [0.3, 0.4) is 0 Å². The standard InChI is InChI=1S/C11H17NO/c1-8-5-6-11(13-4)9(2)10(8)7-12-3/h5-6,12H,7H2,1-4H3.